The van der Waals surface area contributed by atoms with Crippen molar-refractivity contribution in [3.63, 3.8) is 0 Å². The van der Waals surface area contributed by atoms with Gasteiger partial charge in [0.15, 0.2) is 0 Å². The number of nitrogens with zero attached hydrogens (tertiary/aromatic N) is 2. The molecule has 0 aromatic carbocycles. The molecule has 0 spiro atoms. The zero-order valence-corrected chi connectivity index (χ0v) is 9.79. The van der Waals surface area contributed by atoms with E-state index in [0.717, 1.165) is 19.0 Å². The summed E-state index contributed by atoms with van der Waals surface area (Å²) in [5.41, 5.74) is -0.274. The van der Waals surface area contributed by atoms with Gasteiger partial charge in [0.2, 0.25) is 0 Å². The second-order valence-corrected chi connectivity index (χ2v) is 5.24. The van der Waals surface area contributed by atoms with Crippen molar-refractivity contribution in [2.75, 3.05) is 26.7 Å². The van der Waals surface area contributed by atoms with Crippen LogP contribution in [0.4, 0.5) is 0 Å². The number of rotatable bonds is 4. The third-order valence-corrected chi connectivity index (χ3v) is 3.90. The zero-order valence-electron chi connectivity index (χ0n) is 9.79. The molecule has 1 saturated carbocycles. The van der Waals surface area contributed by atoms with Gasteiger partial charge in [0.25, 0.3) is 0 Å². The van der Waals surface area contributed by atoms with Gasteiger partial charge < -0.3 is 10.2 Å². The highest BCUT2D eigenvalue weighted by Crippen LogP contribution is 2.40. The maximum atomic E-state index is 9.37. The Balaban J connectivity index is 1.97. The lowest BCUT2D eigenvalue weighted by Crippen LogP contribution is -2.52. The molecule has 0 bridgehead atoms. The molecule has 15 heavy (non-hydrogen) atoms. The molecule has 1 aliphatic carbocycles. The van der Waals surface area contributed by atoms with Crippen molar-refractivity contribution < 1.29 is 0 Å². The van der Waals surface area contributed by atoms with E-state index in [0.29, 0.717) is 5.92 Å². The summed E-state index contributed by atoms with van der Waals surface area (Å²) in [6.07, 6.45) is 3.73. The van der Waals surface area contributed by atoms with Gasteiger partial charge in [-0.25, -0.2) is 0 Å². The topological polar surface area (TPSA) is 39.1 Å². The van der Waals surface area contributed by atoms with Gasteiger partial charge in [-0.3, -0.25) is 0 Å². The van der Waals surface area contributed by atoms with Gasteiger partial charge in [-0.1, -0.05) is 6.92 Å². The SMILES string of the molecule is CNC(C#N)(CN1CCC(C)C1)C1CC1. The van der Waals surface area contributed by atoms with Gasteiger partial charge in [0, 0.05) is 13.1 Å². The van der Waals surface area contributed by atoms with Crippen molar-refractivity contribution >= 4 is 0 Å². The van der Waals surface area contributed by atoms with Crippen LogP contribution in [0.5, 0.6) is 0 Å². The molecular weight excluding hydrogens is 186 g/mol. The molecule has 0 aromatic heterocycles. The van der Waals surface area contributed by atoms with E-state index in [1.165, 1.54) is 25.8 Å². The van der Waals surface area contributed by atoms with E-state index in [2.05, 4.69) is 23.2 Å². The first-order valence-electron chi connectivity index (χ1n) is 6.02. The standard InChI is InChI=1S/C12H21N3/c1-10-5-6-15(7-10)9-12(8-13,14-2)11-3-4-11/h10-11,14H,3-7,9H2,1-2H3. The lowest BCUT2D eigenvalue weighted by molar-refractivity contribution is 0.232. The lowest BCUT2D eigenvalue weighted by atomic mass is 9.94. The first kappa shape index (κ1) is 10.9. The van der Waals surface area contributed by atoms with Gasteiger partial charge in [-0.2, -0.15) is 5.26 Å². The summed E-state index contributed by atoms with van der Waals surface area (Å²) in [5.74, 6) is 1.39. The van der Waals surface area contributed by atoms with E-state index in [1.54, 1.807) is 0 Å². The van der Waals surface area contributed by atoms with Crippen LogP contribution >= 0.6 is 0 Å². The molecule has 3 heteroatoms. The number of hydrogen-bond donors (Lipinski definition) is 1. The van der Waals surface area contributed by atoms with E-state index < -0.39 is 0 Å². The van der Waals surface area contributed by atoms with E-state index in [1.807, 2.05) is 7.05 Å². The molecule has 0 radical (unpaired) electrons. The van der Waals surface area contributed by atoms with Crippen LogP contribution in [0.1, 0.15) is 26.2 Å². The minimum atomic E-state index is -0.274. The van der Waals surface area contributed by atoms with E-state index >= 15 is 0 Å². The number of nitriles is 1. The highest BCUT2D eigenvalue weighted by molar-refractivity contribution is 5.16. The van der Waals surface area contributed by atoms with Crippen LogP contribution in [0, 0.1) is 23.2 Å². The quantitative estimate of drug-likeness (QED) is 0.753. The van der Waals surface area contributed by atoms with Crippen LogP contribution in [0.15, 0.2) is 0 Å². The predicted octanol–water partition coefficient (Wildman–Crippen LogP) is 1.22. The molecule has 1 heterocycles. The maximum Gasteiger partial charge on any atom is 0.122 e. The van der Waals surface area contributed by atoms with Crippen molar-refractivity contribution in [2.24, 2.45) is 11.8 Å². The second kappa shape index (κ2) is 4.11. The summed E-state index contributed by atoms with van der Waals surface area (Å²) < 4.78 is 0. The molecular formula is C12H21N3. The smallest absolute Gasteiger partial charge is 0.122 e. The Morgan fingerprint density at radius 3 is 2.60 bits per heavy atom. The minimum absolute atomic E-state index is 0.274. The summed E-state index contributed by atoms with van der Waals surface area (Å²) in [4.78, 5) is 2.45. The highest BCUT2D eigenvalue weighted by atomic mass is 15.2. The molecule has 1 N–H and O–H groups in total. The maximum absolute atomic E-state index is 9.37. The fourth-order valence-electron chi connectivity index (χ4n) is 2.69. The van der Waals surface area contributed by atoms with Gasteiger partial charge in [0.1, 0.15) is 5.54 Å². The molecule has 1 saturated heterocycles. The second-order valence-electron chi connectivity index (χ2n) is 5.24. The van der Waals surface area contributed by atoms with Crippen LogP contribution in [0.2, 0.25) is 0 Å². The van der Waals surface area contributed by atoms with Gasteiger partial charge in [-0.15, -0.1) is 0 Å². The summed E-state index contributed by atoms with van der Waals surface area (Å²) in [5, 5.41) is 12.6. The highest BCUT2D eigenvalue weighted by Gasteiger charge is 2.46. The first-order valence-corrected chi connectivity index (χ1v) is 6.02. The van der Waals surface area contributed by atoms with Crippen LogP contribution in [0.3, 0.4) is 0 Å². The largest absolute Gasteiger partial charge is 0.301 e. The van der Waals surface area contributed by atoms with Crippen LogP contribution < -0.4 is 5.32 Å². The molecule has 2 rings (SSSR count). The number of hydrogen-bond acceptors (Lipinski definition) is 3. The van der Waals surface area contributed by atoms with Crippen molar-refractivity contribution in [3.8, 4) is 6.07 Å². The molecule has 2 aliphatic rings. The average molecular weight is 207 g/mol. The summed E-state index contributed by atoms with van der Waals surface area (Å²) in [7, 11) is 1.93. The van der Waals surface area contributed by atoms with Crippen LogP contribution in [-0.2, 0) is 0 Å². The molecule has 0 aromatic rings. The van der Waals surface area contributed by atoms with E-state index in [4.69, 9.17) is 0 Å². The third kappa shape index (κ3) is 2.16. The minimum Gasteiger partial charge on any atom is -0.301 e. The van der Waals surface area contributed by atoms with E-state index in [-0.39, 0.29) is 5.54 Å². The van der Waals surface area contributed by atoms with Crippen molar-refractivity contribution in [2.45, 2.75) is 31.7 Å². The Morgan fingerprint density at radius 1 is 1.47 bits per heavy atom. The normalized spacial score (nSPS) is 31.1. The molecule has 2 atom stereocenters. The Morgan fingerprint density at radius 2 is 2.20 bits per heavy atom. The molecule has 1 aliphatic heterocycles. The monoisotopic (exact) mass is 207 g/mol. The van der Waals surface area contributed by atoms with Gasteiger partial charge in [0.05, 0.1) is 6.07 Å². The Kier molecular flexibility index (Phi) is 2.99. The number of nitrogens with one attached hydrogen (secondary N) is 1. The third-order valence-electron chi connectivity index (χ3n) is 3.90. The van der Waals surface area contributed by atoms with Crippen molar-refractivity contribution in [3.05, 3.63) is 0 Å². The fraction of sp³-hybridized carbons (Fsp3) is 0.917. The lowest BCUT2D eigenvalue weighted by Gasteiger charge is -2.31. The average Bonchev–Trinajstić information content (AvgIpc) is 3.01. The summed E-state index contributed by atoms with van der Waals surface area (Å²) >= 11 is 0. The van der Waals surface area contributed by atoms with Crippen molar-refractivity contribution in [1.29, 1.82) is 5.26 Å². The Hall–Kier alpha value is -0.590. The molecule has 2 fully saturated rings. The van der Waals surface area contributed by atoms with Gasteiger partial charge in [-0.05, 0) is 44.7 Å². The number of likely N-dealkylation sites (N-methyl/N-ethyl adjacent to an activating group) is 1. The van der Waals surface area contributed by atoms with Crippen LogP contribution in [0.25, 0.3) is 0 Å². The van der Waals surface area contributed by atoms with Crippen molar-refractivity contribution in [1.82, 2.24) is 10.2 Å². The molecule has 2 unspecified atom stereocenters. The predicted molar refractivity (Wildman–Crippen MR) is 60.3 cm³/mol. The molecule has 84 valence electrons. The molecule has 0 amide bonds. The Labute approximate surface area is 92.4 Å². The first-order chi connectivity index (χ1) is 7.20. The van der Waals surface area contributed by atoms with Crippen LogP contribution in [-0.4, -0.2) is 37.1 Å². The van der Waals surface area contributed by atoms with Gasteiger partial charge >= 0.3 is 0 Å². The Bertz CT molecular complexity index is 267. The molecule has 3 nitrogen and oxygen atoms in total. The zero-order chi connectivity index (χ0) is 10.9. The fourth-order valence-corrected chi connectivity index (χ4v) is 2.69. The summed E-state index contributed by atoms with van der Waals surface area (Å²) in [6.45, 7) is 5.54. The number of likely N-dealkylation sites (tertiary alicyclic amines) is 1. The van der Waals surface area contributed by atoms with E-state index in [9.17, 15) is 5.26 Å². The summed E-state index contributed by atoms with van der Waals surface area (Å²) in [6, 6.07) is 2.52.